The van der Waals surface area contributed by atoms with Crippen molar-refractivity contribution in [3.63, 3.8) is 0 Å². The number of methoxy groups -OCH3 is 2. The Morgan fingerprint density at radius 1 is 1.14 bits per heavy atom. The minimum atomic E-state index is 0.642. The molecule has 21 heavy (non-hydrogen) atoms. The van der Waals surface area contributed by atoms with Crippen LogP contribution in [0.1, 0.15) is 17.0 Å². The second-order valence-corrected chi connectivity index (χ2v) is 5.41. The number of aryl methyl sites for hydroxylation is 1. The summed E-state index contributed by atoms with van der Waals surface area (Å²) in [6.45, 7) is 3.27. The topological polar surface area (TPSA) is 56.5 Å². The van der Waals surface area contributed by atoms with Crippen LogP contribution in [0.5, 0.6) is 11.5 Å². The lowest BCUT2D eigenvalue weighted by atomic mass is 10.2. The highest BCUT2D eigenvalue weighted by Gasteiger charge is 2.11. The minimum absolute atomic E-state index is 0.642. The molecule has 1 aromatic heterocycles. The first-order chi connectivity index (χ1) is 10.2. The lowest BCUT2D eigenvalue weighted by Crippen LogP contribution is -2.13. The molecule has 2 aromatic rings. The van der Waals surface area contributed by atoms with Crippen LogP contribution in [0.25, 0.3) is 0 Å². The summed E-state index contributed by atoms with van der Waals surface area (Å²) in [4.78, 5) is 1.16. The summed E-state index contributed by atoms with van der Waals surface area (Å²) >= 11 is 1.68. The molecule has 114 valence electrons. The van der Waals surface area contributed by atoms with Crippen molar-refractivity contribution in [1.29, 1.82) is 0 Å². The van der Waals surface area contributed by atoms with E-state index in [1.54, 1.807) is 26.0 Å². The van der Waals surface area contributed by atoms with E-state index in [4.69, 9.17) is 14.0 Å². The third-order valence-electron chi connectivity index (χ3n) is 3.08. The molecular weight excluding hydrogens is 288 g/mol. The van der Waals surface area contributed by atoms with Crippen molar-refractivity contribution in [2.24, 2.45) is 0 Å². The summed E-state index contributed by atoms with van der Waals surface area (Å²) in [6, 6.07) is 5.93. The van der Waals surface area contributed by atoms with Gasteiger partial charge in [0.2, 0.25) is 0 Å². The summed E-state index contributed by atoms with van der Waals surface area (Å²) in [5.41, 5.74) is 2.05. The van der Waals surface area contributed by atoms with Crippen LogP contribution in [0.3, 0.4) is 0 Å². The summed E-state index contributed by atoms with van der Waals surface area (Å²) in [7, 11) is 3.29. The first kappa shape index (κ1) is 15.7. The highest BCUT2D eigenvalue weighted by atomic mass is 32.2. The zero-order chi connectivity index (χ0) is 15.2. The number of nitrogens with zero attached hydrogens (tertiary/aromatic N) is 1. The number of benzene rings is 1. The van der Waals surface area contributed by atoms with E-state index in [1.807, 2.05) is 31.4 Å². The highest BCUT2D eigenvalue weighted by Crippen LogP contribution is 2.34. The van der Waals surface area contributed by atoms with Gasteiger partial charge in [-0.2, -0.15) is 0 Å². The normalized spacial score (nSPS) is 10.7. The molecule has 2 rings (SSSR count). The maximum absolute atomic E-state index is 5.35. The minimum Gasteiger partial charge on any atom is -0.493 e. The third kappa shape index (κ3) is 3.92. The van der Waals surface area contributed by atoms with Crippen molar-refractivity contribution in [1.82, 2.24) is 10.5 Å². The molecule has 0 saturated heterocycles. The number of rotatable bonds is 7. The molecule has 0 unspecified atom stereocenters. The standard InChI is InChI=1S/C15H20N2O3S/c1-10-5-12(20-17-10)9-16-8-11-6-13(18-2)14(19-3)7-15(11)21-4/h5-7,16H,8-9H2,1-4H3. The highest BCUT2D eigenvalue weighted by molar-refractivity contribution is 7.98. The molecule has 0 aliphatic heterocycles. The Morgan fingerprint density at radius 2 is 1.86 bits per heavy atom. The van der Waals surface area contributed by atoms with Gasteiger partial charge in [0.15, 0.2) is 17.3 Å². The summed E-state index contributed by atoms with van der Waals surface area (Å²) in [5.74, 6) is 2.32. The van der Waals surface area contributed by atoms with Gasteiger partial charge in [0.1, 0.15) is 0 Å². The summed E-state index contributed by atoms with van der Waals surface area (Å²) in [6.07, 6.45) is 2.05. The molecule has 0 bridgehead atoms. The average Bonchev–Trinajstić information content (AvgIpc) is 2.92. The van der Waals surface area contributed by atoms with Gasteiger partial charge in [0.25, 0.3) is 0 Å². The van der Waals surface area contributed by atoms with Gasteiger partial charge in [0.05, 0.1) is 26.5 Å². The Hall–Kier alpha value is -1.66. The maximum Gasteiger partial charge on any atom is 0.161 e. The molecule has 5 nitrogen and oxygen atoms in total. The average molecular weight is 308 g/mol. The molecule has 0 fully saturated rings. The quantitative estimate of drug-likeness (QED) is 0.794. The predicted molar refractivity (Wildman–Crippen MR) is 83.1 cm³/mol. The molecule has 0 radical (unpaired) electrons. The fourth-order valence-corrected chi connectivity index (χ4v) is 2.67. The van der Waals surface area contributed by atoms with E-state index in [0.29, 0.717) is 6.54 Å². The number of thioether (sulfide) groups is 1. The number of hydrogen-bond donors (Lipinski definition) is 1. The molecule has 0 saturated carbocycles. The van der Waals surface area contributed by atoms with Crippen LogP contribution in [-0.4, -0.2) is 25.6 Å². The Kier molecular flexibility index (Phi) is 5.52. The third-order valence-corrected chi connectivity index (χ3v) is 3.90. The second kappa shape index (κ2) is 7.38. The smallest absolute Gasteiger partial charge is 0.161 e. The summed E-state index contributed by atoms with van der Waals surface area (Å²) < 4.78 is 15.9. The summed E-state index contributed by atoms with van der Waals surface area (Å²) in [5, 5.41) is 7.22. The zero-order valence-corrected chi connectivity index (χ0v) is 13.5. The van der Waals surface area contributed by atoms with Gasteiger partial charge in [-0.15, -0.1) is 11.8 Å². The number of ether oxygens (including phenoxy) is 2. The van der Waals surface area contributed by atoms with Crippen LogP contribution in [-0.2, 0) is 13.1 Å². The van der Waals surface area contributed by atoms with Crippen LogP contribution in [0, 0.1) is 6.92 Å². The Labute approximate surface area is 129 Å². The molecule has 0 spiro atoms. The fraction of sp³-hybridized carbons (Fsp3) is 0.400. The Bertz CT molecular complexity index is 599. The SMILES string of the molecule is COc1cc(CNCc2cc(C)no2)c(SC)cc1OC. The van der Waals surface area contributed by atoms with Crippen molar-refractivity contribution in [3.05, 3.63) is 35.2 Å². The lowest BCUT2D eigenvalue weighted by molar-refractivity contribution is 0.352. The van der Waals surface area contributed by atoms with E-state index in [9.17, 15) is 0 Å². The van der Waals surface area contributed by atoms with Crippen LogP contribution in [0.4, 0.5) is 0 Å². The molecule has 0 aliphatic carbocycles. The van der Waals surface area contributed by atoms with Gasteiger partial charge >= 0.3 is 0 Å². The van der Waals surface area contributed by atoms with Crippen molar-refractivity contribution in [2.45, 2.75) is 24.9 Å². The lowest BCUT2D eigenvalue weighted by Gasteiger charge is -2.14. The van der Waals surface area contributed by atoms with Crippen molar-refractivity contribution in [3.8, 4) is 11.5 Å². The second-order valence-electron chi connectivity index (χ2n) is 4.56. The largest absolute Gasteiger partial charge is 0.493 e. The van der Waals surface area contributed by atoms with Crippen molar-refractivity contribution < 1.29 is 14.0 Å². The molecule has 1 N–H and O–H groups in total. The molecule has 1 heterocycles. The maximum atomic E-state index is 5.35. The monoisotopic (exact) mass is 308 g/mol. The first-order valence-electron chi connectivity index (χ1n) is 6.59. The van der Waals surface area contributed by atoms with E-state index < -0.39 is 0 Å². The van der Waals surface area contributed by atoms with Crippen molar-refractivity contribution in [2.75, 3.05) is 20.5 Å². The van der Waals surface area contributed by atoms with Gasteiger partial charge in [-0.1, -0.05) is 5.16 Å². The zero-order valence-electron chi connectivity index (χ0n) is 12.7. The molecule has 0 atom stereocenters. The van der Waals surface area contributed by atoms with Gasteiger partial charge in [0, 0.05) is 17.5 Å². The van der Waals surface area contributed by atoms with E-state index in [-0.39, 0.29) is 0 Å². The molecule has 1 aromatic carbocycles. The number of hydrogen-bond acceptors (Lipinski definition) is 6. The number of nitrogens with one attached hydrogen (secondary N) is 1. The van der Waals surface area contributed by atoms with Crippen LogP contribution in [0.2, 0.25) is 0 Å². The molecule has 0 amide bonds. The Morgan fingerprint density at radius 3 is 2.43 bits per heavy atom. The first-order valence-corrected chi connectivity index (χ1v) is 7.82. The van der Waals surface area contributed by atoms with E-state index in [1.165, 1.54) is 0 Å². The van der Waals surface area contributed by atoms with E-state index >= 15 is 0 Å². The molecule has 0 aliphatic rings. The number of aromatic nitrogens is 1. The van der Waals surface area contributed by atoms with E-state index in [0.717, 1.165) is 40.0 Å². The van der Waals surface area contributed by atoms with Gasteiger partial charge in [-0.3, -0.25) is 0 Å². The van der Waals surface area contributed by atoms with Gasteiger partial charge in [-0.25, -0.2) is 0 Å². The van der Waals surface area contributed by atoms with E-state index in [2.05, 4.69) is 10.5 Å². The fourth-order valence-electron chi connectivity index (χ4n) is 2.05. The van der Waals surface area contributed by atoms with Gasteiger partial charge in [-0.05, 0) is 30.9 Å². The van der Waals surface area contributed by atoms with Crippen LogP contribution in [0.15, 0.2) is 27.6 Å². The predicted octanol–water partition coefficient (Wildman–Crippen LogP) is 3.01. The van der Waals surface area contributed by atoms with Crippen LogP contribution >= 0.6 is 11.8 Å². The van der Waals surface area contributed by atoms with Gasteiger partial charge < -0.3 is 19.3 Å². The molecular formula is C15H20N2O3S. The Balaban J connectivity index is 2.07. The molecule has 6 heteroatoms. The van der Waals surface area contributed by atoms with Crippen LogP contribution < -0.4 is 14.8 Å². The van der Waals surface area contributed by atoms with Crippen molar-refractivity contribution >= 4 is 11.8 Å².